The van der Waals surface area contributed by atoms with Gasteiger partial charge >= 0.3 is 0 Å². The van der Waals surface area contributed by atoms with Crippen LogP contribution in [-0.4, -0.2) is 15.0 Å². The van der Waals surface area contributed by atoms with Crippen molar-refractivity contribution in [3.05, 3.63) is 66.0 Å². The summed E-state index contributed by atoms with van der Waals surface area (Å²) in [6, 6.07) is 8.23. The van der Waals surface area contributed by atoms with Crippen LogP contribution >= 0.6 is 0 Å². The summed E-state index contributed by atoms with van der Waals surface area (Å²) in [5.74, 6) is 0.862. The zero-order chi connectivity index (χ0) is 14.7. The van der Waals surface area contributed by atoms with Gasteiger partial charge in [-0.05, 0) is 37.1 Å². The molecule has 3 aromatic rings. The molecule has 0 fully saturated rings. The van der Waals surface area contributed by atoms with Gasteiger partial charge in [0.1, 0.15) is 12.4 Å². The number of hydrogen-bond donors (Lipinski definition) is 1. The highest BCUT2D eigenvalue weighted by atomic mass is 16.5. The lowest BCUT2D eigenvalue weighted by molar-refractivity contribution is 0.303. The molecule has 0 saturated heterocycles. The van der Waals surface area contributed by atoms with Crippen molar-refractivity contribution < 1.29 is 4.74 Å². The first-order chi connectivity index (χ1) is 10.2. The van der Waals surface area contributed by atoms with Crippen molar-refractivity contribution in [1.82, 2.24) is 15.0 Å². The van der Waals surface area contributed by atoms with Crippen LogP contribution in [-0.2, 0) is 6.61 Å². The standard InChI is InChI=1S/C17H17N3O/c1-12-3-4-15(16-9-18-6-5-13(16)2)17(7-12)21-10-14-8-19-11-20-14/h3-9,11H,10H2,1-2H3,(H,19,20). The summed E-state index contributed by atoms with van der Waals surface area (Å²) in [4.78, 5) is 11.3. The molecule has 106 valence electrons. The van der Waals surface area contributed by atoms with E-state index in [-0.39, 0.29) is 0 Å². The monoisotopic (exact) mass is 279 g/mol. The fourth-order valence-corrected chi connectivity index (χ4v) is 2.24. The molecule has 4 heteroatoms. The maximum atomic E-state index is 5.97. The van der Waals surface area contributed by atoms with Gasteiger partial charge in [0.25, 0.3) is 0 Å². The first-order valence-electron chi connectivity index (χ1n) is 6.86. The number of H-pyrrole nitrogens is 1. The molecule has 1 aromatic carbocycles. The van der Waals surface area contributed by atoms with Crippen LogP contribution in [0.2, 0.25) is 0 Å². The van der Waals surface area contributed by atoms with Crippen LogP contribution in [0.1, 0.15) is 16.8 Å². The molecule has 0 spiro atoms. The van der Waals surface area contributed by atoms with Gasteiger partial charge in [0, 0.05) is 23.5 Å². The van der Waals surface area contributed by atoms with E-state index in [9.17, 15) is 0 Å². The molecule has 0 radical (unpaired) electrons. The van der Waals surface area contributed by atoms with E-state index in [1.165, 1.54) is 11.1 Å². The van der Waals surface area contributed by atoms with Crippen LogP contribution in [0.5, 0.6) is 5.75 Å². The lowest BCUT2D eigenvalue weighted by Gasteiger charge is -2.13. The fraction of sp³-hybridized carbons (Fsp3) is 0.176. The van der Waals surface area contributed by atoms with Gasteiger partial charge in [0.15, 0.2) is 0 Å². The van der Waals surface area contributed by atoms with Crippen molar-refractivity contribution in [2.45, 2.75) is 20.5 Å². The van der Waals surface area contributed by atoms with Gasteiger partial charge < -0.3 is 9.72 Å². The average Bonchev–Trinajstić information content (AvgIpc) is 3.00. The van der Waals surface area contributed by atoms with Gasteiger partial charge in [-0.25, -0.2) is 4.98 Å². The minimum absolute atomic E-state index is 0.468. The molecule has 0 aliphatic heterocycles. The van der Waals surface area contributed by atoms with Crippen LogP contribution in [0.25, 0.3) is 11.1 Å². The smallest absolute Gasteiger partial charge is 0.130 e. The molecular weight excluding hydrogens is 262 g/mol. The van der Waals surface area contributed by atoms with Crippen LogP contribution in [0.3, 0.4) is 0 Å². The number of imidazole rings is 1. The minimum Gasteiger partial charge on any atom is -0.487 e. The third-order valence-corrected chi connectivity index (χ3v) is 3.40. The van der Waals surface area contributed by atoms with Crippen molar-refractivity contribution in [1.29, 1.82) is 0 Å². The Hall–Kier alpha value is -2.62. The number of pyridine rings is 1. The molecule has 0 atom stereocenters. The third kappa shape index (κ3) is 2.94. The number of nitrogens with one attached hydrogen (secondary N) is 1. The van der Waals surface area contributed by atoms with E-state index < -0.39 is 0 Å². The molecule has 2 heterocycles. The van der Waals surface area contributed by atoms with Gasteiger partial charge in [0.2, 0.25) is 0 Å². The molecule has 3 rings (SSSR count). The predicted molar refractivity (Wildman–Crippen MR) is 82.1 cm³/mol. The first-order valence-corrected chi connectivity index (χ1v) is 6.86. The quantitative estimate of drug-likeness (QED) is 0.792. The van der Waals surface area contributed by atoms with Gasteiger partial charge in [0.05, 0.1) is 18.2 Å². The Morgan fingerprint density at radius 3 is 2.71 bits per heavy atom. The first kappa shape index (κ1) is 13.4. The molecular formula is C17H17N3O. The predicted octanol–water partition coefficient (Wildman–Crippen LogP) is 3.67. The normalized spacial score (nSPS) is 10.6. The molecule has 0 bridgehead atoms. The van der Waals surface area contributed by atoms with Crippen LogP contribution in [0.15, 0.2) is 49.2 Å². The summed E-state index contributed by atoms with van der Waals surface area (Å²) < 4.78 is 5.97. The topological polar surface area (TPSA) is 50.8 Å². The number of hydrogen-bond acceptors (Lipinski definition) is 3. The van der Waals surface area contributed by atoms with Crippen molar-refractivity contribution in [2.75, 3.05) is 0 Å². The second-order valence-electron chi connectivity index (χ2n) is 5.06. The van der Waals surface area contributed by atoms with E-state index in [0.29, 0.717) is 6.61 Å². The van der Waals surface area contributed by atoms with E-state index in [1.807, 2.05) is 12.3 Å². The van der Waals surface area contributed by atoms with Crippen molar-refractivity contribution in [2.24, 2.45) is 0 Å². The summed E-state index contributed by atoms with van der Waals surface area (Å²) in [5.41, 5.74) is 5.45. The maximum Gasteiger partial charge on any atom is 0.130 e. The minimum atomic E-state index is 0.468. The SMILES string of the molecule is Cc1ccc(-c2cnccc2C)c(OCc2cnc[nH]2)c1. The lowest BCUT2D eigenvalue weighted by atomic mass is 10.0. The highest BCUT2D eigenvalue weighted by Gasteiger charge is 2.10. The summed E-state index contributed by atoms with van der Waals surface area (Å²) >= 11 is 0. The van der Waals surface area contributed by atoms with Gasteiger partial charge in [-0.1, -0.05) is 12.1 Å². The van der Waals surface area contributed by atoms with E-state index in [2.05, 4.69) is 47.0 Å². The number of benzene rings is 1. The van der Waals surface area contributed by atoms with Gasteiger partial charge in [-0.2, -0.15) is 0 Å². The summed E-state index contributed by atoms with van der Waals surface area (Å²) in [7, 11) is 0. The zero-order valence-electron chi connectivity index (χ0n) is 12.1. The van der Waals surface area contributed by atoms with Crippen LogP contribution < -0.4 is 4.74 Å². The molecule has 0 unspecified atom stereocenters. The largest absolute Gasteiger partial charge is 0.487 e. The highest BCUT2D eigenvalue weighted by Crippen LogP contribution is 2.32. The highest BCUT2D eigenvalue weighted by molar-refractivity contribution is 5.72. The zero-order valence-corrected chi connectivity index (χ0v) is 12.1. The Kier molecular flexibility index (Phi) is 3.69. The van der Waals surface area contributed by atoms with Gasteiger partial charge in [-0.3, -0.25) is 4.98 Å². The maximum absolute atomic E-state index is 5.97. The van der Waals surface area contributed by atoms with Crippen LogP contribution in [0, 0.1) is 13.8 Å². The third-order valence-electron chi connectivity index (χ3n) is 3.40. The fourth-order valence-electron chi connectivity index (χ4n) is 2.24. The van der Waals surface area contributed by atoms with Crippen LogP contribution in [0.4, 0.5) is 0 Å². The van der Waals surface area contributed by atoms with E-state index in [4.69, 9.17) is 4.74 Å². The summed E-state index contributed by atoms with van der Waals surface area (Å²) in [5, 5.41) is 0. The Bertz CT molecular complexity index is 736. The van der Waals surface area contributed by atoms with E-state index in [1.54, 1.807) is 18.7 Å². The average molecular weight is 279 g/mol. The van der Waals surface area contributed by atoms with Gasteiger partial charge in [-0.15, -0.1) is 0 Å². The molecule has 0 saturated carbocycles. The molecule has 2 aromatic heterocycles. The summed E-state index contributed by atoms with van der Waals surface area (Å²) in [6.45, 7) is 4.61. The molecule has 0 amide bonds. The van der Waals surface area contributed by atoms with Crippen molar-refractivity contribution in [3.8, 4) is 16.9 Å². The van der Waals surface area contributed by atoms with Crippen molar-refractivity contribution in [3.63, 3.8) is 0 Å². The second-order valence-corrected chi connectivity index (χ2v) is 5.06. The molecule has 21 heavy (non-hydrogen) atoms. The number of aromatic nitrogens is 3. The Balaban J connectivity index is 1.95. The Labute approximate surface area is 123 Å². The second kappa shape index (κ2) is 5.79. The Morgan fingerprint density at radius 2 is 1.95 bits per heavy atom. The number of aryl methyl sites for hydroxylation is 2. The molecule has 1 N–H and O–H groups in total. The number of aromatic amines is 1. The number of nitrogens with zero attached hydrogens (tertiary/aromatic N) is 2. The molecule has 0 aliphatic carbocycles. The van der Waals surface area contributed by atoms with Crippen molar-refractivity contribution >= 4 is 0 Å². The number of ether oxygens (including phenoxy) is 1. The van der Waals surface area contributed by atoms with E-state index >= 15 is 0 Å². The lowest BCUT2D eigenvalue weighted by Crippen LogP contribution is -1.98. The summed E-state index contributed by atoms with van der Waals surface area (Å²) in [6.07, 6.45) is 7.10. The molecule has 0 aliphatic rings. The number of rotatable bonds is 4. The Morgan fingerprint density at radius 1 is 1.05 bits per heavy atom. The van der Waals surface area contributed by atoms with E-state index in [0.717, 1.165) is 22.6 Å². The molecule has 4 nitrogen and oxygen atoms in total.